The van der Waals surface area contributed by atoms with Gasteiger partial charge in [-0.05, 0) is 36.8 Å². The Balaban J connectivity index is 2.47. The maximum Gasteiger partial charge on any atom is 0.178 e. The van der Waals surface area contributed by atoms with E-state index in [1.54, 1.807) is 0 Å². The molecule has 0 aliphatic carbocycles. The summed E-state index contributed by atoms with van der Waals surface area (Å²) in [5.41, 5.74) is 3.04. The highest BCUT2D eigenvalue weighted by atomic mass is 32.2. The topological polar surface area (TPSA) is 54.9 Å². The van der Waals surface area contributed by atoms with Crippen LogP contribution in [-0.4, -0.2) is 30.0 Å². The van der Waals surface area contributed by atoms with E-state index in [0.29, 0.717) is 11.3 Å². The molecule has 1 aromatic carbocycles. The lowest BCUT2D eigenvalue weighted by molar-refractivity contribution is 0.595. The highest BCUT2D eigenvalue weighted by Crippen LogP contribution is 2.15. The van der Waals surface area contributed by atoms with E-state index < -0.39 is 9.84 Å². The van der Waals surface area contributed by atoms with Crippen molar-refractivity contribution < 1.29 is 8.42 Å². The van der Waals surface area contributed by atoms with Crippen LogP contribution in [0.2, 0.25) is 0 Å². The summed E-state index contributed by atoms with van der Waals surface area (Å²) in [5, 5.41) is 0. The van der Waals surface area contributed by atoms with Gasteiger partial charge in [-0.15, -0.1) is 0 Å². The van der Waals surface area contributed by atoms with Crippen molar-refractivity contribution in [3.05, 3.63) is 28.5 Å². The molecular formula is C11H14N2O2S2. The van der Waals surface area contributed by atoms with Crippen molar-refractivity contribution in [1.29, 1.82) is 0 Å². The summed E-state index contributed by atoms with van der Waals surface area (Å²) < 4.78 is 24.7. The van der Waals surface area contributed by atoms with Crippen LogP contribution in [0.15, 0.2) is 18.2 Å². The van der Waals surface area contributed by atoms with Gasteiger partial charge in [0.05, 0.1) is 16.8 Å². The number of hydrogen-bond acceptors (Lipinski definition) is 3. The lowest BCUT2D eigenvalue weighted by atomic mass is 10.2. The molecule has 0 saturated heterocycles. The number of imidazole rings is 1. The molecule has 0 aliphatic heterocycles. The zero-order valence-corrected chi connectivity index (χ0v) is 11.4. The van der Waals surface area contributed by atoms with Crippen molar-refractivity contribution in [2.24, 2.45) is 0 Å². The molecule has 1 heterocycles. The number of sulfone groups is 1. The van der Waals surface area contributed by atoms with E-state index in [-0.39, 0.29) is 5.75 Å². The molecule has 92 valence electrons. The van der Waals surface area contributed by atoms with E-state index in [4.69, 9.17) is 12.2 Å². The van der Waals surface area contributed by atoms with E-state index in [9.17, 15) is 8.42 Å². The molecule has 0 saturated carbocycles. The maximum absolute atomic E-state index is 11.2. The van der Waals surface area contributed by atoms with Gasteiger partial charge in [0, 0.05) is 12.8 Å². The van der Waals surface area contributed by atoms with Gasteiger partial charge >= 0.3 is 0 Å². The number of rotatable bonds is 3. The van der Waals surface area contributed by atoms with Gasteiger partial charge in [0.25, 0.3) is 0 Å². The van der Waals surface area contributed by atoms with Crippen molar-refractivity contribution in [3.8, 4) is 0 Å². The lowest BCUT2D eigenvalue weighted by Gasteiger charge is -2.03. The van der Waals surface area contributed by atoms with E-state index in [2.05, 4.69) is 4.98 Å². The molecular weight excluding hydrogens is 256 g/mol. The highest BCUT2D eigenvalue weighted by molar-refractivity contribution is 7.90. The average Bonchev–Trinajstić information content (AvgIpc) is 2.48. The Morgan fingerprint density at radius 1 is 1.41 bits per heavy atom. The summed E-state index contributed by atoms with van der Waals surface area (Å²) >= 11 is 5.20. The first-order valence-electron chi connectivity index (χ1n) is 5.24. The second kappa shape index (κ2) is 4.27. The third kappa shape index (κ3) is 2.76. The molecule has 0 unspecified atom stereocenters. The van der Waals surface area contributed by atoms with Gasteiger partial charge in [0.1, 0.15) is 9.84 Å². The van der Waals surface area contributed by atoms with Crippen LogP contribution in [-0.2, 0) is 16.4 Å². The first-order chi connectivity index (χ1) is 7.87. The molecule has 0 spiro atoms. The molecule has 0 atom stereocenters. The monoisotopic (exact) mass is 270 g/mol. The summed E-state index contributed by atoms with van der Waals surface area (Å²) in [7, 11) is -2.97. The normalized spacial score (nSPS) is 12.1. The van der Waals surface area contributed by atoms with Crippen molar-refractivity contribution in [2.45, 2.75) is 13.5 Å². The molecule has 2 aromatic rings. The highest BCUT2D eigenvalue weighted by Gasteiger charge is 2.07. The molecule has 6 heteroatoms. The zero-order chi connectivity index (χ0) is 12.6. The molecule has 2 rings (SSSR count). The van der Waals surface area contributed by atoms with Crippen LogP contribution in [0.3, 0.4) is 0 Å². The summed E-state index contributed by atoms with van der Waals surface area (Å²) in [4.78, 5) is 3.09. The molecule has 17 heavy (non-hydrogen) atoms. The van der Waals surface area contributed by atoms with Crippen LogP contribution < -0.4 is 0 Å². The van der Waals surface area contributed by atoms with Crippen molar-refractivity contribution in [3.63, 3.8) is 0 Å². The standard InChI is InChI=1S/C11H14N2O2S2/c1-8-3-4-10-9(7-8)12-11(16)13(10)5-6-17(2,14)15/h3-4,7H,5-6H2,1-2H3,(H,12,16). The number of nitrogens with one attached hydrogen (secondary N) is 1. The SMILES string of the molecule is Cc1ccc2c(c1)[nH]c(=S)n2CCS(C)(=O)=O. The Bertz CT molecular complexity index is 711. The van der Waals surface area contributed by atoms with Gasteiger partial charge < -0.3 is 9.55 Å². The second-order valence-electron chi connectivity index (χ2n) is 4.23. The third-order valence-electron chi connectivity index (χ3n) is 2.62. The Labute approximate surface area is 105 Å². The summed E-state index contributed by atoms with van der Waals surface area (Å²) in [6.07, 6.45) is 1.23. The Hall–Kier alpha value is -1.14. The largest absolute Gasteiger partial charge is 0.331 e. The van der Waals surface area contributed by atoms with E-state index in [0.717, 1.165) is 16.6 Å². The predicted octanol–water partition coefficient (Wildman–Crippen LogP) is 2.05. The molecule has 0 fully saturated rings. The number of H-pyrrole nitrogens is 1. The van der Waals surface area contributed by atoms with Gasteiger partial charge in [-0.1, -0.05) is 6.07 Å². The number of aromatic nitrogens is 2. The van der Waals surface area contributed by atoms with Gasteiger partial charge in [-0.2, -0.15) is 0 Å². The fourth-order valence-corrected chi connectivity index (χ4v) is 2.57. The second-order valence-corrected chi connectivity index (χ2v) is 6.88. The van der Waals surface area contributed by atoms with Gasteiger partial charge in [-0.3, -0.25) is 0 Å². The fourth-order valence-electron chi connectivity index (χ4n) is 1.76. The van der Waals surface area contributed by atoms with Crippen molar-refractivity contribution in [1.82, 2.24) is 9.55 Å². The smallest absolute Gasteiger partial charge is 0.178 e. The molecule has 0 amide bonds. The van der Waals surface area contributed by atoms with Crippen LogP contribution in [0.5, 0.6) is 0 Å². The molecule has 0 bridgehead atoms. The van der Waals surface area contributed by atoms with Gasteiger partial charge in [0.15, 0.2) is 4.77 Å². The minimum atomic E-state index is -2.97. The Morgan fingerprint density at radius 3 is 2.76 bits per heavy atom. The summed E-state index contributed by atoms with van der Waals surface area (Å²) in [5.74, 6) is 0.0993. The first-order valence-corrected chi connectivity index (χ1v) is 7.70. The van der Waals surface area contributed by atoms with Gasteiger partial charge in [-0.25, -0.2) is 8.42 Å². The number of aryl methyl sites for hydroxylation is 2. The molecule has 0 aliphatic rings. The number of fused-ring (bicyclic) bond motifs is 1. The number of benzene rings is 1. The Kier molecular flexibility index (Phi) is 3.09. The van der Waals surface area contributed by atoms with Crippen LogP contribution >= 0.6 is 12.2 Å². The fraction of sp³-hybridized carbons (Fsp3) is 0.364. The minimum Gasteiger partial charge on any atom is -0.331 e. The Morgan fingerprint density at radius 2 is 2.12 bits per heavy atom. The van der Waals surface area contributed by atoms with E-state index >= 15 is 0 Å². The van der Waals surface area contributed by atoms with Crippen LogP contribution in [0.25, 0.3) is 11.0 Å². The van der Waals surface area contributed by atoms with Crippen molar-refractivity contribution >= 4 is 33.1 Å². The molecule has 1 aromatic heterocycles. The number of hydrogen-bond donors (Lipinski definition) is 1. The average molecular weight is 270 g/mol. The quantitative estimate of drug-likeness (QED) is 0.869. The third-order valence-corrected chi connectivity index (χ3v) is 3.86. The summed E-state index contributed by atoms with van der Waals surface area (Å²) in [6.45, 7) is 2.39. The molecule has 4 nitrogen and oxygen atoms in total. The van der Waals surface area contributed by atoms with E-state index in [1.807, 2.05) is 29.7 Å². The number of nitrogens with zero attached hydrogens (tertiary/aromatic N) is 1. The zero-order valence-electron chi connectivity index (χ0n) is 9.73. The van der Waals surface area contributed by atoms with E-state index in [1.165, 1.54) is 6.26 Å². The summed E-state index contributed by atoms with van der Waals surface area (Å²) in [6, 6.07) is 5.95. The molecule has 1 N–H and O–H groups in total. The van der Waals surface area contributed by atoms with Crippen molar-refractivity contribution in [2.75, 3.05) is 12.0 Å². The van der Waals surface area contributed by atoms with Crippen LogP contribution in [0, 0.1) is 11.7 Å². The lowest BCUT2D eigenvalue weighted by Crippen LogP contribution is -2.11. The maximum atomic E-state index is 11.2. The first kappa shape index (κ1) is 12.3. The van der Waals surface area contributed by atoms with Crippen LogP contribution in [0.1, 0.15) is 5.56 Å². The molecule has 0 radical (unpaired) electrons. The van der Waals surface area contributed by atoms with Gasteiger partial charge in [0.2, 0.25) is 0 Å². The van der Waals surface area contributed by atoms with Crippen LogP contribution in [0.4, 0.5) is 0 Å². The predicted molar refractivity (Wildman–Crippen MR) is 71.6 cm³/mol. The number of aromatic amines is 1. The minimum absolute atomic E-state index is 0.0993.